The molecule has 1 aromatic rings. The first kappa shape index (κ1) is 16.8. The molecule has 0 radical (unpaired) electrons. The number of hydrogen-bond acceptors (Lipinski definition) is 5. The smallest absolute Gasteiger partial charge is 0.319 e. The molecular weight excluding hydrogens is 302 g/mol. The number of nitriles is 1. The molecule has 0 aliphatic heterocycles. The standard InChI is InChI=1S/C19H25N3O2/c1-5-23-17-14-7-8-15-12(3)9-13(11-20)10-19(15,4)16(14)21-18(22-17)24-6-2/h10,12,15H,5-9H2,1-4H3/t12-,15+,19+/m1/s1. The molecule has 24 heavy (non-hydrogen) atoms. The van der Waals surface area contributed by atoms with Crippen LogP contribution in [0.3, 0.4) is 0 Å². The number of nitrogens with zero attached hydrogens (tertiary/aromatic N) is 3. The van der Waals surface area contributed by atoms with Crippen LogP contribution < -0.4 is 9.47 Å². The van der Waals surface area contributed by atoms with Crippen LogP contribution in [-0.4, -0.2) is 23.2 Å². The molecule has 0 aromatic carbocycles. The Morgan fingerprint density at radius 2 is 2.04 bits per heavy atom. The Morgan fingerprint density at radius 3 is 2.71 bits per heavy atom. The first-order valence-electron chi connectivity index (χ1n) is 8.82. The van der Waals surface area contributed by atoms with Crippen LogP contribution >= 0.6 is 0 Å². The van der Waals surface area contributed by atoms with E-state index in [1.165, 1.54) is 0 Å². The molecule has 1 heterocycles. The van der Waals surface area contributed by atoms with E-state index in [4.69, 9.17) is 14.5 Å². The van der Waals surface area contributed by atoms with Crippen LogP contribution in [0, 0.1) is 23.2 Å². The Morgan fingerprint density at radius 1 is 1.29 bits per heavy atom. The fraction of sp³-hybridized carbons (Fsp3) is 0.632. The second-order valence-electron chi connectivity index (χ2n) is 6.90. The molecule has 5 heteroatoms. The molecular formula is C19H25N3O2. The van der Waals surface area contributed by atoms with Crippen molar-refractivity contribution >= 4 is 0 Å². The summed E-state index contributed by atoms with van der Waals surface area (Å²) in [4.78, 5) is 9.19. The van der Waals surface area contributed by atoms with Gasteiger partial charge in [-0.05, 0) is 44.9 Å². The summed E-state index contributed by atoms with van der Waals surface area (Å²) in [5.74, 6) is 1.57. The molecule has 0 fully saturated rings. The molecule has 0 amide bonds. The van der Waals surface area contributed by atoms with Gasteiger partial charge in [0.05, 0.1) is 25.0 Å². The molecule has 3 rings (SSSR count). The molecule has 3 atom stereocenters. The Hall–Kier alpha value is -2.09. The van der Waals surface area contributed by atoms with Gasteiger partial charge < -0.3 is 9.47 Å². The monoisotopic (exact) mass is 327 g/mol. The molecule has 128 valence electrons. The minimum Gasteiger partial charge on any atom is -0.478 e. The molecule has 0 bridgehead atoms. The van der Waals surface area contributed by atoms with Crippen LogP contribution in [0.4, 0.5) is 0 Å². The maximum Gasteiger partial charge on any atom is 0.319 e. The predicted octanol–water partition coefficient (Wildman–Crippen LogP) is 3.58. The normalized spacial score (nSPS) is 28.2. The number of fused-ring (bicyclic) bond motifs is 3. The van der Waals surface area contributed by atoms with E-state index in [-0.39, 0.29) is 5.41 Å². The Labute approximate surface area is 143 Å². The molecule has 2 aliphatic rings. The first-order chi connectivity index (χ1) is 11.5. The van der Waals surface area contributed by atoms with Gasteiger partial charge in [-0.3, -0.25) is 0 Å². The van der Waals surface area contributed by atoms with Crippen molar-refractivity contribution in [2.24, 2.45) is 11.8 Å². The lowest BCUT2D eigenvalue weighted by molar-refractivity contribution is 0.192. The topological polar surface area (TPSA) is 68.0 Å². The molecule has 5 nitrogen and oxygen atoms in total. The van der Waals surface area contributed by atoms with Gasteiger partial charge >= 0.3 is 6.01 Å². The van der Waals surface area contributed by atoms with Gasteiger partial charge in [-0.25, -0.2) is 0 Å². The molecule has 0 saturated carbocycles. The SMILES string of the molecule is CCOc1nc(OCC)c2c(n1)[C@@]1(C)C=C(C#N)C[C@@H](C)[C@@H]1CC2. The summed E-state index contributed by atoms with van der Waals surface area (Å²) >= 11 is 0. The third-order valence-electron chi connectivity index (χ3n) is 5.34. The third-order valence-corrected chi connectivity index (χ3v) is 5.34. The van der Waals surface area contributed by atoms with Crippen molar-refractivity contribution in [1.29, 1.82) is 5.26 Å². The summed E-state index contributed by atoms with van der Waals surface area (Å²) in [6, 6.07) is 2.73. The number of hydrogen-bond donors (Lipinski definition) is 0. The highest BCUT2D eigenvalue weighted by Gasteiger charge is 2.47. The van der Waals surface area contributed by atoms with E-state index in [2.05, 4.69) is 31.0 Å². The van der Waals surface area contributed by atoms with Gasteiger partial charge in [0.1, 0.15) is 0 Å². The largest absolute Gasteiger partial charge is 0.478 e. The number of ether oxygens (including phenoxy) is 2. The summed E-state index contributed by atoms with van der Waals surface area (Å²) in [5.41, 5.74) is 2.63. The number of allylic oxidation sites excluding steroid dienone is 2. The fourth-order valence-electron chi connectivity index (χ4n) is 4.38. The molecule has 0 N–H and O–H groups in total. The van der Waals surface area contributed by atoms with Crippen LogP contribution in [0.2, 0.25) is 0 Å². The van der Waals surface area contributed by atoms with E-state index >= 15 is 0 Å². The number of rotatable bonds is 4. The van der Waals surface area contributed by atoms with Gasteiger partial charge in [-0.15, -0.1) is 0 Å². The van der Waals surface area contributed by atoms with Gasteiger partial charge in [-0.1, -0.05) is 19.9 Å². The van der Waals surface area contributed by atoms with E-state index in [1.807, 2.05) is 13.8 Å². The summed E-state index contributed by atoms with van der Waals surface area (Å²) in [6.07, 6.45) is 4.95. The zero-order valence-electron chi connectivity index (χ0n) is 14.9. The Bertz CT molecular complexity index is 707. The highest BCUT2D eigenvalue weighted by atomic mass is 16.5. The molecule has 0 unspecified atom stereocenters. The van der Waals surface area contributed by atoms with Gasteiger partial charge in [0.2, 0.25) is 5.88 Å². The van der Waals surface area contributed by atoms with Gasteiger partial charge in [-0.2, -0.15) is 15.2 Å². The minimum atomic E-state index is -0.267. The Kier molecular flexibility index (Phi) is 4.49. The summed E-state index contributed by atoms with van der Waals surface area (Å²) in [6.45, 7) is 9.39. The van der Waals surface area contributed by atoms with E-state index in [0.717, 1.165) is 36.1 Å². The summed E-state index contributed by atoms with van der Waals surface area (Å²) in [5, 5.41) is 9.44. The average Bonchev–Trinajstić information content (AvgIpc) is 2.55. The highest BCUT2D eigenvalue weighted by molar-refractivity contribution is 5.46. The van der Waals surface area contributed by atoms with Crippen molar-refractivity contribution in [3.8, 4) is 18.0 Å². The molecule has 0 spiro atoms. The van der Waals surface area contributed by atoms with Gasteiger partial charge in [0.15, 0.2) is 0 Å². The average molecular weight is 327 g/mol. The van der Waals surface area contributed by atoms with Crippen LogP contribution in [0.5, 0.6) is 11.9 Å². The van der Waals surface area contributed by atoms with Crippen molar-refractivity contribution in [1.82, 2.24) is 9.97 Å². The molecule has 0 saturated heterocycles. The predicted molar refractivity (Wildman–Crippen MR) is 91.0 cm³/mol. The van der Waals surface area contributed by atoms with Crippen molar-refractivity contribution in [3.63, 3.8) is 0 Å². The van der Waals surface area contributed by atoms with Gasteiger partial charge in [0, 0.05) is 16.6 Å². The third kappa shape index (κ3) is 2.64. The van der Waals surface area contributed by atoms with E-state index < -0.39 is 0 Å². The second kappa shape index (κ2) is 6.43. The van der Waals surface area contributed by atoms with Crippen LogP contribution in [0.1, 0.15) is 51.8 Å². The minimum absolute atomic E-state index is 0.267. The molecule has 1 aromatic heterocycles. The van der Waals surface area contributed by atoms with E-state index in [0.29, 0.717) is 36.9 Å². The lowest BCUT2D eigenvalue weighted by Crippen LogP contribution is -2.42. The van der Waals surface area contributed by atoms with Crippen LogP contribution in [0.25, 0.3) is 0 Å². The van der Waals surface area contributed by atoms with Crippen molar-refractivity contribution in [2.45, 2.75) is 52.4 Å². The van der Waals surface area contributed by atoms with E-state index in [1.54, 1.807) is 0 Å². The second-order valence-corrected chi connectivity index (χ2v) is 6.90. The van der Waals surface area contributed by atoms with Crippen LogP contribution in [-0.2, 0) is 11.8 Å². The maximum absolute atomic E-state index is 9.44. The van der Waals surface area contributed by atoms with E-state index in [9.17, 15) is 5.26 Å². The fourth-order valence-corrected chi connectivity index (χ4v) is 4.38. The molecule has 2 aliphatic carbocycles. The Balaban J connectivity index is 2.19. The maximum atomic E-state index is 9.44. The van der Waals surface area contributed by atoms with Crippen molar-refractivity contribution in [2.75, 3.05) is 13.2 Å². The first-order valence-corrected chi connectivity index (χ1v) is 8.82. The van der Waals surface area contributed by atoms with Crippen molar-refractivity contribution in [3.05, 3.63) is 22.9 Å². The highest BCUT2D eigenvalue weighted by Crippen LogP contribution is 2.51. The summed E-state index contributed by atoms with van der Waals surface area (Å²) in [7, 11) is 0. The quantitative estimate of drug-likeness (QED) is 0.845. The summed E-state index contributed by atoms with van der Waals surface area (Å²) < 4.78 is 11.4. The number of aromatic nitrogens is 2. The van der Waals surface area contributed by atoms with Crippen molar-refractivity contribution < 1.29 is 9.47 Å². The van der Waals surface area contributed by atoms with Gasteiger partial charge in [0.25, 0.3) is 0 Å². The zero-order chi connectivity index (χ0) is 17.3. The lowest BCUT2D eigenvalue weighted by atomic mass is 9.58. The van der Waals surface area contributed by atoms with Crippen LogP contribution in [0.15, 0.2) is 11.6 Å². The zero-order valence-corrected chi connectivity index (χ0v) is 14.9. The lowest BCUT2D eigenvalue weighted by Gasteiger charge is -2.46.